The van der Waals surface area contributed by atoms with E-state index in [9.17, 15) is 5.11 Å². The zero-order valence-electron chi connectivity index (χ0n) is 12.6. The van der Waals surface area contributed by atoms with Crippen LogP contribution in [-0.4, -0.2) is 34.1 Å². The number of hydrogen-bond acceptors (Lipinski definition) is 5. The molecule has 1 aliphatic rings. The first kappa shape index (κ1) is 15.6. The van der Waals surface area contributed by atoms with E-state index in [1.807, 2.05) is 16.8 Å². The van der Waals surface area contributed by atoms with Gasteiger partial charge < -0.3 is 15.3 Å². The maximum atomic E-state index is 9.57. The second-order valence-electron chi connectivity index (χ2n) is 5.81. The molecule has 1 saturated heterocycles. The lowest BCUT2D eigenvalue weighted by atomic mass is 10.1. The summed E-state index contributed by atoms with van der Waals surface area (Å²) >= 11 is 6.92. The topological polar surface area (TPSA) is 54.5 Å². The number of benzene rings is 1. The van der Waals surface area contributed by atoms with Crippen LogP contribution in [0, 0.1) is 10.9 Å². The van der Waals surface area contributed by atoms with Gasteiger partial charge in [-0.15, -0.1) is 5.10 Å². The fourth-order valence-electron chi connectivity index (χ4n) is 2.68. The van der Waals surface area contributed by atoms with Crippen LogP contribution in [0.5, 0.6) is 0 Å². The summed E-state index contributed by atoms with van der Waals surface area (Å²) < 4.78 is 2.68. The van der Waals surface area contributed by atoms with Crippen molar-refractivity contribution in [3.63, 3.8) is 0 Å². The minimum absolute atomic E-state index is 0.134. The molecule has 0 spiro atoms. The molecule has 2 heterocycles. The van der Waals surface area contributed by atoms with Gasteiger partial charge in [0, 0.05) is 18.5 Å². The van der Waals surface area contributed by atoms with Crippen LogP contribution in [0.25, 0.3) is 0 Å². The molecule has 3 rings (SSSR count). The molecule has 0 amide bonds. The van der Waals surface area contributed by atoms with Gasteiger partial charge in [0.1, 0.15) is 0 Å². The molecule has 0 radical (unpaired) electrons. The predicted molar refractivity (Wildman–Crippen MR) is 91.3 cm³/mol. The van der Waals surface area contributed by atoms with Crippen molar-refractivity contribution in [2.45, 2.75) is 32.5 Å². The summed E-state index contributed by atoms with van der Waals surface area (Å²) in [6, 6.07) is 8.21. The number of aryl methyl sites for hydroxylation is 1. The first-order valence-corrected chi connectivity index (χ1v) is 8.76. The second kappa shape index (κ2) is 6.87. The summed E-state index contributed by atoms with van der Waals surface area (Å²) in [7, 11) is 0. The van der Waals surface area contributed by atoms with Crippen molar-refractivity contribution in [2.75, 3.05) is 18.4 Å². The van der Waals surface area contributed by atoms with Gasteiger partial charge in [0.2, 0.25) is 5.13 Å². The Morgan fingerprint density at radius 3 is 2.95 bits per heavy atom. The van der Waals surface area contributed by atoms with E-state index in [1.54, 1.807) is 0 Å². The lowest BCUT2D eigenvalue weighted by Gasteiger charge is -2.26. The molecule has 1 aliphatic heterocycles. The lowest BCUT2D eigenvalue weighted by molar-refractivity contribution is -0.929. The van der Waals surface area contributed by atoms with Crippen LogP contribution in [0.1, 0.15) is 18.4 Å². The fraction of sp³-hybridized carbons (Fsp3) is 0.467. The van der Waals surface area contributed by atoms with E-state index in [1.165, 1.54) is 21.8 Å². The van der Waals surface area contributed by atoms with Gasteiger partial charge in [0.15, 0.2) is 10.6 Å². The minimum atomic E-state index is -0.134. The van der Waals surface area contributed by atoms with Gasteiger partial charge in [0.05, 0.1) is 19.2 Å². The highest BCUT2D eigenvalue weighted by molar-refractivity contribution is 7.73. The molecule has 0 unspecified atom stereocenters. The third-order valence-corrected chi connectivity index (χ3v) is 5.13. The van der Waals surface area contributed by atoms with Crippen molar-refractivity contribution < 1.29 is 10.0 Å². The first-order valence-electron chi connectivity index (χ1n) is 7.53. The van der Waals surface area contributed by atoms with Gasteiger partial charge in [-0.2, -0.15) is 4.68 Å². The van der Waals surface area contributed by atoms with Crippen molar-refractivity contribution in [1.82, 2.24) is 9.78 Å². The van der Waals surface area contributed by atoms with Gasteiger partial charge >= 0.3 is 0 Å². The van der Waals surface area contributed by atoms with Crippen molar-refractivity contribution in [2.24, 2.45) is 0 Å². The summed E-state index contributed by atoms with van der Waals surface area (Å²) in [6.07, 6.45) is 1.59. The van der Waals surface area contributed by atoms with E-state index in [0.717, 1.165) is 47.4 Å². The van der Waals surface area contributed by atoms with Crippen molar-refractivity contribution >= 4 is 34.4 Å². The first-order chi connectivity index (χ1) is 10.6. The largest absolute Gasteiger partial charge is 0.393 e. The molecule has 22 heavy (non-hydrogen) atoms. The lowest BCUT2D eigenvalue weighted by Crippen LogP contribution is -3.12. The molecular weight excluding hydrogens is 316 g/mol. The van der Waals surface area contributed by atoms with Crippen molar-refractivity contribution in [3.8, 4) is 0 Å². The smallest absolute Gasteiger partial charge is 0.209 e. The van der Waals surface area contributed by atoms with Gasteiger partial charge in [-0.1, -0.05) is 23.5 Å². The van der Waals surface area contributed by atoms with E-state index in [0.29, 0.717) is 0 Å². The molecular formula is C15H21N4OS2+. The molecule has 7 heteroatoms. The highest BCUT2D eigenvalue weighted by Crippen LogP contribution is 2.20. The van der Waals surface area contributed by atoms with E-state index >= 15 is 0 Å². The monoisotopic (exact) mass is 337 g/mol. The third kappa shape index (κ3) is 3.92. The van der Waals surface area contributed by atoms with Gasteiger partial charge in [-0.3, -0.25) is 0 Å². The van der Waals surface area contributed by atoms with E-state index < -0.39 is 0 Å². The summed E-state index contributed by atoms with van der Waals surface area (Å²) in [5.41, 5.74) is 2.24. The van der Waals surface area contributed by atoms with Crippen molar-refractivity contribution in [1.29, 1.82) is 0 Å². The Morgan fingerprint density at radius 1 is 1.45 bits per heavy atom. The van der Waals surface area contributed by atoms with Crippen LogP contribution in [0.3, 0.4) is 0 Å². The highest BCUT2D eigenvalue weighted by Gasteiger charge is 2.21. The van der Waals surface area contributed by atoms with Gasteiger partial charge in [-0.25, -0.2) is 0 Å². The maximum Gasteiger partial charge on any atom is 0.209 e. The Labute approximate surface area is 139 Å². The Morgan fingerprint density at radius 2 is 2.23 bits per heavy atom. The van der Waals surface area contributed by atoms with Crippen LogP contribution in [0.15, 0.2) is 24.3 Å². The number of quaternary nitrogens is 1. The zero-order valence-corrected chi connectivity index (χ0v) is 14.2. The van der Waals surface area contributed by atoms with Crippen LogP contribution < -0.4 is 10.2 Å². The van der Waals surface area contributed by atoms with Crippen LogP contribution in [0.2, 0.25) is 0 Å². The second-order valence-corrected chi connectivity index (χ2v) is 7.43. The Kier molecular flexibility index (Phi) is 4.87. The van der Waals surface area contributed by atoms with Gasteiger partial charge in [0.25, 0.3) is 0 Å². The number of rotatable bonds is 4. The van der Waals surface area contributed by atoms with Crippen LogP contribution >= 0.6 is 23.6 Å². The predicted octanol–water partition coefficient (Wildman–Crippen LogP) is 1.72. The average molecular weight is 337 g/mol. The molecule has 0 saturated carbocycles. The molecule has 2 aromatic rings. The zero-order chi connectivity index (χ0) is 15.5. The van der Waals surface area contributed by atoms with E-state index in [2.05, 4.69) is 29.5 Å². The number of nitrogens with one attached hydrogen (secondary N) is 2. The summed E-state index contributed by atoms with van der Waals surface area (Å²) in [5, 5.41) is 18.3. The van der Waals surface area contributed by atoms with E-state index in [-0.39, 0.29) is 6.10 Å². The Bertz CT molecular complexity index is 689. The molecule has 0 bridgehead atoms. The number of hydrogen-bond donors (Lipinski definition) is 3. The standard InChI is InChI=1S/C15H20N4OS2/c1-11-3-2-4-12(9-11)16-14-17-19(15(21)22-14)10-18-7-5-13(20)6-8-18/h2-4,9,13,20H,5-8,10H2,1H3,(H,16,17)/p+1. The highest BCUT2D eigenvalue weighted by atomic mass is 32.1. The molecule has 3 N–H and O–H groups in total. The van der Waals surface area contributed by atoms with Crippen LogP contribution in [0.4, 0.5) is 10.8 Å². The normalized spacial score (nSPS) is 21.7. The number of aliphatic hydroxyl groups excluding tert-OH is 1. The number of aliphatic hydroxyl groups is 1. The SMILES string of the molecule is Cc1cccc(Nc2nn(C[NH+]3CCC(O)CC3)c(=S)s2)c1. The maximum absolute atomic E-state index is 9.57. The third-order valence-electron chi connectivity index (χ3n) is 3.91. The Hall–Kier alpha value is -1.28. The summed E-state index contributed by atoms with van der Waals surface area (Å²) in [4.78, 5) is 1.42. The minimum Gasteiger partial charge on any atom is -0.393 e. The number of piperidine rings is 1. The fourth-order valence-corrected chi connectivity index (χ4v) is 3.71. The average Bonchev–Trinajstić information content (AvgIpc) is 2.81. The molecule has 1 fully saturated rings. The summed E-state index contributed by atoms with van der Waals surface area (Å²) in [6.45, 7) is 4.79. The molecule has 118 valence electrons. The quantitative estimate of drug-likeness (QED) is 0.744. The molecule has 0 aliphatic carbocycles. The van der Waals surface area contributed by atoms with E-state index in [4.69, 9.17) is 12.2 Å². The molecule has 5 nitrogen and oxygen atoms in total. The molecule has 1 aromatic carbocycles. The number of anilines is 2. The number of likely N-dealkylation sites (tertiary alicyclic amines) is 1. The molecule has 0 atom stereocenters. The number of aromatic nitrogens is 2. The van der Waals surface area contributed by atoms with Gasteiger partial charge in [-0.05, 0) is 36.8 Å². The van der Waals surface area contributed by atoms with Crippen molar-refractivity contribution in [3.05, 3.63) is 33.8 Å². The summed E-state index contributed by atoms with van der Waals surface area (Å²) in [5.74, 6) is 0. The molecule has 1 aromatic heterocycles. The van der Waals surface area contributed by atoms with Crippen LogP contribution in [-0.2, 0) is 6.67 Å². The Balaban J connectivity index is 1.67. The number of nitrogens with zero attached hydrogens (tertiary/aromatic N) is 2.